The lowest BCUT2D eigenvalue weighted by molar-refractivity contribution is 0.232. The van der Waals surface area contributed by atoms with Crippen LogP contribution in [0.1, 0.15) is 43.4 Å². The van der Waals surface area contributed by atoms with Crippen LogP contribution in [0.4, 0.5) is 0 Å². The summed E-state index contributed by atoms with van der Waals surface area (Å²) in [4.78, 5) is 7.19. The topological polar surface area (TPSA) is 16.1 Å². The van der Waals surface area contributed by atoms with Crippen LogP contribution in [0.15, 0.2) is 5.38 Å². The van der Waals surface area contributed by atoms with E-state index >= 15 is 0 Å². The first-order chi connectivity index (χ1) is 7.74. The molecule has 1 fully saturated rings. The summed E-state index contributed by atoms with van der Waals surface area (Å²) in [5.41, 5.74) is 1.02. The van der Waals surface area contributed by atoms with Crippen molar-refractivity contribution in [3.63, 3.8) is 0 Å². The van der Waals surface area contributed by atoms with Crippen LogP contribution in [-0.2, 0) is 5.88 Å². The molecule has 1 aliphatic heterocycles. The second kappa shape index (κ2) is 5.48. The van der Waals surface area contributed by atoms with Gasteiger partial charge >= 0.3 is 0 Å². The summed E-state index contributed by atoms with van der Waals surface area (Å²) in [5, 5.41) is 3.33. The van der Waals surface area contributed by atoms with E-state index in [9.17, 15) is 0 Å². The zero-order valence-corrected chi connectivity index (χ0v) is 11.5. The summed E-state index contributed by atoms with van der Waals surface area (Å²) in [6.07, 6.45) is 2.46. The van der Waals surface area contributed by atoms with Crippen LogP contribution < -0.4 is 0 Å². The Kier molecular flexibility index (Phi) is 4.22. The lowest BCUT2D eigenvalue weighted by atomic mass is 10.2. The van der Waals surface area contributed by atoms with E-state index in [0.29, 0.717) is 11.9 Å². The maximum atomic E-state index is 5.80. The average Bonchev–Trinajstić information content (AvgIpc) is 2.89. The molecular weight excluding hydrogens is 240 g/mol. The Bertz CT molecular complexity index is 340. The normalized spacial score (nSPS) is 23.8. The van der Waals surface area contributed by atoms with Crippen LogP contribution in [0.25, 0.3) is 0 Å². The van der Waals surface area contributed by atoms with Gasteiger partial charge in [-0.2, -0.15) is 0 Å². The predicted octanol–water partition coefficient (Wildman–Crippen LogP) is 3.67. The van der Waals surface area contributed by atoms with Gasteiger partial charge in [-0.3, -0.25) is 4.90 Å². The molecule has 0 amide bonds. The fraction of sp³-hybridized carbons (Fsp3) is 0.750. The van der Waals surface area contributed by atoms with Gasteiger partial charge < -0.3 is 0 Å². The fourth-order valence-electron chi connectivity index (χ4n) is 2.38. The summed E-state index contributed by atoms with van der Waals surface area (Å²) in [6, 6.07) is 0.506. The van der Waals surface area contributed by atoms with E-state index in [4.69, 9.17) is 11.6 Å². The summed E-state index contributed by atoms with van der Waals surface area (Å²) < 4.78 is 0. The number of likely N-dealkylation sites (tertiary alicyclic amines) is 1. The molecule has 2 atom stereocenters. The van der Waals surface area contributed by atoms with Gasteiger partial charge in [0.25, 0.3) is 0 Å². The second-order valence-corrected chi connectivity index (χ2v) is 5.78. The van der Waals surface area contributed by atoms with Gasteiger partial charge in [0, 0.05) is 11.9 Å². The van der Waals surface area contributed by atoms with E-state index in [1.54, 1.807) is 11.3 Å². The monoisotopic (exact) mass is 258 g/mol. The Labute approximate surface area is 107 Å². The predicted molar refractivity (Wildman–Crippen MR) is 70.1 cm³/mol. The van der Waals surface area contributed by atoms with Crippen molar-refractivity contribution < 1.29 is 0 Å². The molecule has 0 N–H and O–H groups in total. The quantitative estimate of drug-likeness (QED) is 0.766. The first-order valence-electron chi connectivity index (χ1n) is 5.99. The summed E-state index contributed by atoms with van der Waals surface area (Å²) in [5.74, 6) is 1.37. The van der Waals surface area contributed by atoms with Crippen LogP contribution in [0.3, 0.4) is 0 Å². The maximum Gasteiger partial charge on any atom is 0.110 e. The van der Waals surface area contributed by atoms with Gasteiger partial charge in [-0.15, -0.1) is 22.9 Å². The zero-order valence-electron chi connectivity index (χ0n) is 9.95. The average molecular weight is 259 g/mol. The molecule has 1 aromatic heterocycles. The molecule has 90 valence electrons. The van der Waals surface area contributed by atoms with Crippen molar-refractivity contribution in [3.8, 4) is 0 Å². The van der Waals surface area contributed by atoms with Crippen molar-refractivity contribution in [1.82, 2.24) is 9.88 Å². The molecule has 0 radical (unpaired) electrons. The van der Waals surface area contributed by atoms with E-state index in [1.165, 1.54) is 24.5 Å². The number of aromatic nitrogens is 1. The number of thiazole rings is 1. The molecule has 0 saturated carbocycles. The number of rotatable bonds is 4. The van der Waals surface area contributed by atoms with E-state index in [2.05, 4.69) is 29.1 Å². The molecule has 4 heteroatoms. The van der Waals surface area contributed by atoms with Crippen LogP contribution in [0.2, 0.25) is 0 Å². The lowest BCUT2D eigenvalue weighted by Gasteiger charge is -2.24. The molecule has 0 aliphatic carbocycles. The number of halogens is 1. The second-order valence-electron chi connectivity index (χ2n) is 4.62. The third-order valence-electron chi connectivity index (χ3n) is 3.27. The van der Waals surface area contributed by atoms with Gasteiger partial charge in [-0.25, -0.2) is 4.98 Å². The molecule has 1 saturated heterocycles. The van der Waals surface area contributed by atoms with Gasteiger partial charge in [0.2, 0.25) is 0 Å². The highest BCUT2D eigenvalue weighted by atomic mass is 35.5. The van der Waals surface area contributed by atoms with Gasteiger partial charge in [0.1, 0.15) is 5.01 Å². The number of hydrogen-bond donors (Lipinski definition) is 0. The highest BCUT2D eigenvalue weighted by molar-refractivity contribution is 7.09. The largest absolute Gasteiger partial charge is 0.294 e. The van der Waals surface area contributed by atoms with Crippen LogP contribution in [0, 0.1) is 5.92 Å². The fourth-order valence-corrected chi connectivity index (χ4v) is 3.64. The van der Waals surface area contributed by atoms with Gasteiger partial charge in [0.05, 0.1) is 17.6 Å². The Morgan fingerprint density at radius 1 is 1.69 bits per heavy atom. The smallest absolute Gasteiger partial charge is 0.110 e. The van der Waals surface area contributed by atoms with E-state index in [-0.39, 0.29) is 0 Å². The standard InChI is InChI=1S/C12H19ClN2S/c1-3-11(15-5-4-9(2)7-15)12-14-10(6-13)8-16-12/h8-9,11H,3-7H2,1-2H3. The molecule has 0 aromatic carbocycles. The third-order valence-corrected chi connectivity index (χ3v) is 4.54. The number of hydrogen-bond acceptors (Lipinski definition) is 3. The molecule has 1 aromatic rings. The minimum Gasteiger partial charge on any atom is -0.294 e. The molecule has 1 aliphatic rings. The highest BCUT2D eigenvalue weighted by Gasteiger charge is 2.27. The lowest BCUT2D eigenvalue weighted by Crippen LogP contribution is -2.25. The molecule has 2 unspecified atom stereocenters. The molecule has 2 rings (SSSR count). The van der Waals surface area contributed by atoms with Crippen LogP contribution in [-0.4, -0.2) is 23.0 Å². The summed E-state index contributed by atoms with van der Waals surface area (Å²) in [7, 11) is 0. The Morgan fingerprint density at radius 2 is 2.50 bits per heavy atom. The van der Waals surface area contributed by atoms with E-state index in [1.807, 2.05) is 0 Å². The van der Waals surface area contributed by atoms with E-state index in [0.717, 1.165) is 18.0 Å². The minimum atomic E-state index is 0.506. The zero-order chi connectivity index (χ0) is 11.5. The Balaban J connectivity index is 2.09. The number of nitrogens with zero attached hydrogens (tertiary/aromatic N) is 2. The molecule has 16 heavy (non-hydrogen) atoms. The Hall–Kier alpha value is -0.120. The Morgan fingerprint density at radius 3 is 3.00 bits per heavy atom. The van der Waals surface area contributed by atoms with Crippen molar-refractivity contribution in [2.75, 3.05) is 13.1 Å². The molecule has 2 nitrogen and oxygen atoms in total. The molecule has 0 spiro atoms. The maximum absolute atomic E-state index is 5.80. The summed E-state index contributed by atoms with van der Waals surface area (Å²) >= 11 is 7.56. The van der Waals surface area contributed by atoms with Crippen LogP contribution in [0.5, 0.6) is 0 Å². The molecular formula is C12H19ClN2S. The van der Waals surface area contributed by atoms with Crippen molar-refractivity contribution in [1.29, 1.82) is 0 Å². The first-order valence-corrected chi connectivity index (χ1v) is 7.40. The van der Waals surface area contributed by atoms with E-state index < -0.39 is 0 Å². The van der Waals surface area contributed by atoms with Gasteiger partial charge in [0.15, 0.2) is 0 Å². The van der Waals surface area contributed by atoms with Crippen molar-refractivity contribution in [3.05, 3.63) is 16.1 Å². The first kappa shape index (κ1) is 12.3. The van der Waals surface area contributed by atoms with Crippen molar-refractivity contribution in [2.45, 2.75) is 38.6 Å². The minimum absolute atomic E-state index is 0.506. The van der Waals surface area contributed by atoms with Crippen LogP contribution >= 0.6 is 22.9 Å². The highest BCUT2D eigenvalue weighted by Crippen LogP contribution is 2.31. The van der Waals surface area contributed by atoms with Gasteiger partial charge in [-0.05, 0) is 25.3 Å². The third kappa shape index (κ3) is 2.58. The molecule has 0 bridgehead atoms. The van der Waals surface area contributed by atoms with Crippen molar-refractivity contribution >= 4 is 22.9 Å². The van der Waals surface area contributed by atoms with Crippen molar-refractivity contribution in [2.24, 2.45) is 5.92 Å². The molecule has 2 heterocycles. The SMILES string of the molecule is CCC(c1nc(CCl)cs1)N1CCC(C)C1. The van der Waals surface area contributed by atoms with Gasteiger partial charge in [-0.1, -0.05) is 13.8 Å². The number of alkyl halides is 1. The summed E-state index contributed by atoms with van der Waals surface area (Å²) in [6.45, 7) is 7.01.